The molecule has 0 amide bonds. The van der Waals surface area contributed by atoms with Crippen molar-refractivity contribution in [1.29, 1.82) is 0 Å². The van der Waals surface area contributed by atoms with Gasteiger partial charge < -0.3 is 20.1 Å². The molecular weight excluding hydrogens is 294 g/mol. The number of carbonyl (C=O) groups excluding carboxylic acids is 1. The molecule has 2 rings (SSSR count). The van der Waals surface area contributed by atoms with Crippen LogP contribution in [0, 0.1) is 5.92 Å². The maximum atomic E-state index is 11.8. The summed E-state index contributed by atoms with van der Waals surface area (Å²) >= 11 is 0. The van der Waals surface area contributed by atoms with Crippen molar-refractivity contribution < 1.29 is 14.6 Å². The Labute approximate surface area is 139 Å². The number of nitrogens with one attached hydrogen (secondary N) is 1. The van der Waals surface area contributed by atoms with Crippen LogP contribution in [0.2, 0.25) is 0 Å². The number of esters is 1. The summed E-state index contributed by atoms with van der Waals surface area (Å²) in [5.41, 5.74) is -0.621. The van der Waals surface area contributed by atoms with Gasteiger partial charge in [-0.25, -0.2) is 0 Å². The van der Waals surface area contributed by atoms with Gasteiger partial charge >= 0.3 is 5.97 Å². The SMILES string of the molecule is CCNC(=NCC1(O)CCCC1)N1CCC(C(=O)OCC)CC1. The van der Waals surface area contributed by atoms with Crippen LogP contribution in [0.15, 0.2) is 4.99 Å². The molecule has 1 saturated heterocycles. The van der Waals surface area contributed by atoms with E-state index in [-0.39, 0.29) is 11.9 Å². The summed E-state index contributed by atoms with van der Waals surface area (Å²) in [6, 6.07) is 0. The molecule has 0 unspecified atom stereocenters. The van der Waals surface area contributed by atoms with Crippen molar-refractivity contribution in [1.82, 2.24) is 10.2 Å². The van der Waals surface area contributed by atoms with Gasteiger partial charge in [-0.2, -0.15) is 0 Å². The Balaban J connectivity index is 1.90. The summed E-state index contributed by atoms with van der Waals surface area (Å²) in [5.74, 6) is 0.789. The van der Waals surface area contributed by atoms with Crippen molar-refractivity contribution in [2.24, 2.45) is 10.9 Å². The normalized spacial score (nSPS) is 22.2. The molecule has 0 aromatic rings. The minimum absolute atomic E-state index is 0.00749. The lowest BCUT2D eigenvalue weighted by atomic mass is 9.97. The maximum Gasteiger partial charge on any atom is 0.309 e. The molecule has 0 aromatic heterocycles. The number of aliphatic imine (C=N–C) groups is 1. The number of piperidine rings is 1. The fraction of sp³-hybridized carbons (Fsp3) is 0.882. The van der Waals surface area contributed by atoms with Crippen LogP contribution in [0.5, 0.6) is 0 Å². The van der Waals surface area contributed by atoms with Gasteiger partial charge in [0.2, 0.25) is 0 Å². The monoisotopic (exact) mass is 325 g/mol. The number of likely N-dealkylation sites (tertiary alicyclic amines) is 1. The molecule has 0 aromatic carbocycles. The zero-order chi connectivity index (χ0) is 16.7. The van der Waals surface area contributed by atoms with E-state index in [4.69, 9.17) is 4.74 Å². The summed E-state index contributed by atoms with van der Waals surface area (Å²) in [5, 5.41) is 13.8. The van der Waals surface area contributed by atoms with Gasteiger partial charge in [-0.1, -0.05) is 12.8 Å². The quantitative estimate of drug-likeness (QED) is 0.455. The smallest absolute Gasteiger partial charge is 0.309 e. The van der Waals surface area contributed by atoms with Crippen molar-refractivity contribution in [3.63, 3.8) is 0 Å². The number of rotatable bonds is 5. The topological polar surface area (TPSA) is 74.2 Å². The van der Waals surface area contributed by atoms with Gasteiger partial charge in [0.05, 0.1) is 24.7 Å². The van der Waals surface area contributed by atoms with E-state index in [0.717, 1.165) is 64.1 Å². The molecule has 2 N–H and O–H groups in total. The first-order chi connectivity index (χ1) is 11.1. The Morgan fingerprint density at radius 3 is 2.52 bits per heavy atom. The van der Waals surface area contributed by atoms with Crippen LogP contribution >= 0.6 is 0 Å². The van der Waals surface area contributed by atoms with Crippen molar-refractivity contribution in [2.45, 2.75) is 58.0 Å². The molecule has 6 nitrogen and oxygen atoms in total. The Morgan fingerprint density at radius 2 is 1.96 bits per heavy atom. The summed E-state index contributed by atoms with van der Waals surface area (Å²) < 4.78 is 5.12. The first kappa shape index (κ1) is 18.0. The van der Waals surface area contributed by atoms with Crippen LogP contribution in [0.3, 0.4) is 0 Å². The number of ether oxygens (including phenoxy) is 1. The molecule has 1 saturated carbocycles. The van der Waals surface area contributed by atoms with E-state index in [9.17, 15) is 9.90 Å². The summed E-state index contributed by atoms with van der Waals surface area (Å²) in [6.07, 6.45) is 5.48. The molecule has 1 aliphatic heterocycles. The number of nitrogens with zero attached hydrogens (tertiary/aromatic N) is 2. The van der Waals surface area contributed by atoms with Gasteiger partial charge in [0, 0.05) is 19.6 Å². The molecule has 1 heterocycles. The van der Waals surface area contributed by atoms with E-state index in [0.29, 0.717) is 13.2 Å². The van der Waals surface area contributed by atoms with Gasteiger partial charge in [-0.15, -0.1) is 0 Å². The van der Waals surface area contributed by atoms with Crippen LogP contribution in [-0.4, -0.2) is 60.3 Å². The maximum absolute atomic E-state index is 11.8. The van der Waals surface area contributed by atoms with E-state index in [1.807, 2.05) is 13.8 Å². The summed E-state index contributed by atoms with van der Waals surface area (Å²) in [4.78, 5) is 18.7. The summed E-state index contributed by atoms with van der Waals surface area (Å²) in [7, 11) is 0. The van der Waals surface area contributed by atoms with Crippen LogP contribution in [0.1, 0.15) is 52.4 Å². The zero-order valence-corrected chi connectivity index (χ0v) is 14.5. The molecule has 2 aliphatic rings. The Kier molecular flexibility index (Phi) is 6.69. The van der Waals surface area contributed by atoms with Crippen molar-refractivity contribution in [3.05, 3.63) is 0 Å². The second kappa shape index (κ2) is 8.52. The number of hydrogen-bond acceptors (Lipinski definition) is 4. The number of hydrogen-bond donors (Lipinski definition) is 2. The molecule has 0 spiro atoms. The van der Waals surface area contributed by atoms with Crippen LogP contribution in [0.4, 0.5) is 0 Å². The highest BCUT2D eigenvalue weighted by atomic mass is 16.5. The largest absolute Gasteiger partial charge is 0.466 e. The van der Waals surface area contributed by atoms with Crippen LogP contribution < -0.4 is 5.32 Å². The molecule has 0 radical (unpaired) electrons. The first-order valence-electron chi connectivity index (χ1n) is 9.00. The average molecular weight is 325 g/mol. The number of aliphatic hydroxyl groups is 1. The van der Waals surface area contributed by atoms with E-state index < -0.39 is 5.60 Å². The van der Waals surface area contributed by atoms with Crippen LogP contribution in [-0.2, 0) is 9.53 Å². The van der Waals surface area contributed by atoms with Crippen molar-refractivity contribution in [2.75, 3.05) is 32.8 Å². The second-order valence-corrected chi connectivity index (χ2v) is 6.61. The van der Waals surface area contributed by atoms with Gasteiger partial charge in [0.25, 0.3) is 0 Å². The Hall–Kier alpha value is -1.30. The zero-order valence-electron chi connectivity index (χ0n) is 14.5. The lowest BCUT2D eigenvalue weighted by Gasteiger charge is -2.33. The van der Waals surface area contributed by atoms with E-state index >= 15 is 0 Å². The predicted molar refractivity (Wildman–Crippen MR) is 90.3 cm³/mol. The average Bonchev–Trinajstić information content (AvgIpc) is 2.99. The molecule has 0 bridgehead atoms. The molecule has 23 heavy (non-hydrogen) atoms. The minimum atomic E-state index is -0.621. The van der Waals surface area contributed by atoms with E-state index in [1.54, 1.807) is 0 Å². The molecule has 0 atom stereocenters. The lowest BCUT2D eigenvalue weighted by Crippen LogP contribution is -2.47. The van der Waals surface area contributed by atoms with Crippen molar-refractivity contribution >= 4 is 11.9 Å². The Morgan fingerprint density at radius 1 is 1.30 bits per heavy atom. The van der Waals surface area contributed by atoms with Gasteiger partial charge in [-0.05, 0) is 39.5 Å². The molecule has 132 valence electrons. The predicted octanol–water partition coefficient (Wildman–Crippen LogP) is 1.53. The van der Waals surface area contributed by atoms with Gasteiger partial charge in [-0.3, -0.25) is 9.79 Å². The molecular formula is C17H31N3O3. The van der Waals surface area contributed by atoms with Crippen LogP contribution in [0.25, 0.3) is 0 Å². The van der Waals surface area contributed by atoms with Gasteiger partial charge in [0.1, 0.15) is 0 Å². The van der Waals surface area contributed by atoms with Gasteiger partial charge in [0.15, 0.2) is 5.96 Å². The lowest BCUT2D eigenvalue weighted by molar-refractivity contribution is -0.149. The third-order valence-corrected chi connectivity index (χ3v) is 4.81. The molecule has 1 aliphatic carbocycles. The highest BCUT2D eigenvalue weighted by molar-refractivity contribution is 5.80. The fourth-order valence-corrected chi connectivity index (χ4v) is 3.43. The molecule has 6 heteroatoms. The number of guanidine groups is 1. The third kappa shape index (κ3) is 5.09. The molecule has 2 fully saturated rings. The third-order valence-electron chi connectivity index (χ3n) is 4.81. The number of carbonyl (C=O) groups is 1. The first-order valence-corrected chi connectivity index (χ1v) is 9.00. The minimum Gasteiger partial charge on any atom is -0.466 e. The standard InChI is InChI=1S/C17H31N3O3/c1-3-18-16(19-13-17(22)9-5-6-10-17)20-11-7-14(8-12-20)15(21)23-4-2/h14,22H,3-13H2,1-2H3,(H,18,19). The summed E-state index contributed by atoms with van der Waals surface area (Å²) in [6.45, 7) is 7.20. The van der Waals surface area contributed by atoms with E-state index in [1.165, 1.54) is 0 Å². The second-order valence-electron chi connectivity index (χ2n) is 6.61. The Bertz CT molecular complexity index is 411. The van der Waals surface area contributed by atoms with Crippen molar-refractivity contribution in [3.8, 4) is 0 Å². The highest BCUT2D eigenvalue weighted by Gasteiger charge is 2.32. The highest BCUT2D eigenvalue weighted by Crippen LogP contribution is 2.29. The fourth-order valence-electron chi connectivity index (χ4n) is 3.43. The van der Waals surface area contributed by atoms with E-state index in [2.05, 4.69) is 15.2 Å².